The SMILES string of the molecule is Cc1nnc(CN=C(NCc2cccs2)NC(C)c2cccc(N3CCCC3)c2)n1C. The first kappa shape index (κ1) is 21.4. The van der Waals surface area contributed by atoms with Crippen LogP contribution in [0.25, 0.3) is 0 Å². The number of hydrogen-bond donors (Lipinski definition) is 2. The third kappa shape index (κ3) is 5.44. The van der Waals surface area contributed by atoms with Crippen molar-refractivity contribution in [2.75, 3.05) is 18.0 Å². The highest BCUT2D eigenvalue weighted by Crippen LogP contribution is 2.24. The lowest BCUT2D eigenvalue weighted by atomic mass is 10.1. The summed E-state index contributed by atoms with van der Waals surface area (Å²) in [7, 11) is 1.97. The van der Waals surface area contributed by atoms with E-state index in [4.69, 9.17) is 4.99 Å². The van der Waals surface area contributed by atoms with Crippen LogP contribution in [0.1, 0.15) is 47.9 Å². The molecule has 1 aliphatic heterocycles. The lowest BCUT2D eigenvalue weighted by Crippen LogP contribution is -2.38. The van der Waals surface area contributed by atoms with Crippen molar-refractivity contribution in [3.8, 4) is 0 Å². The number of nitrogens with zero attached hydrogens (tertiary/aromatic N) is 5. The van der Waals surface area contributed by atoms with Gasteiger partial charge in [-0.25, -0.2) is 4.99 Å². The lowest BCUT2D eigenvalue weighted by Gasteiger charge is -2.22. The minimum absolute atomic E-state index is 0.123. The third-order valence-corrected chi connectivity index (χ3v) is 6.64. The van der Waals surface area contributed by atoms with Crippen LogP contribution in [0.3, 0.4) is 0 Å². The predicted octanol–water partition coefficient (Wildman–Crippen LogP) is 3.78. The molecule has 0 spiro atoms. The molecule has 1 fully saturated rings. The van der Waals surface area contributed by atoms with Gasteiger partial charge in [-0.05, 0) is 55.8 Å². The Balaban J connectivity index is 1.48. The second-order valence-corrected chi connectivity index (χ2v) is 9.01. The molecule has 164 valence electrons. The van der Waals surface area contributed by atoms with E-state index in [-0.39, 0.29) is 6.04 Å². The largest absolute Gasteiger partial charge is 0.372 e. The fraction of sp³-hybridized carbons (Fsp3) is 0.435. The number of guanidine groups is 1. The fourth-order valence-corrected chi connectivity index (χ4v) is 4.37. The van der Waals surface area contributed by atoms with Crippen molar-refractivity contribution < 1.29 is 0 Å². The standard InChI is InChI=1S/C23H31N7S/c1-17(19-8-6-9-20(14-19)30-11-4-5-12-30)26-23(24-15-21-10-7-13-31-21)25-16-22-28-27-18(2)29(22)3/h6-10,13-14,17H,4-5,11-12,15-16H2,1-3H3,(H2,24,25,26). The molecule has 0 saturated carbocycles. The van der Waals surface area contributed by atoms with Crippen LogP contribution in [0, 0.1) is 6.92 Å². The van der Waals surface area contributed by atoms with E-state index in [1.165, 1.54) is 29.0 Å². The van der Waals surface area contributed by atoms with E-state index >= 15 is 0 Å². The number of thiophene rings is 1. The van der Waals surface area contributed by atoms with Gasteiger partial charge in [-0.2, -0.15) is 0 Å². The first-order valence-electron chi connectivity index (χ1n) is 10.9. The number of aryl methyl sites for hydroxylation is 1. The topological polar surface area (TPSA) is 70.4 Å². The summed E-state index contributed by atoms with van der Waals surface area (Å²) < 4.78 is 1.98. The highest BCUT2D eigenvalue weighted by atomic mass is 32.1. The molecule has 4 rings (SSSR count). The Morgan fingerprint density at radius 2 is 2.03 bits per heavy atom. The first-order chi connectivity index (χ1) is 15.1. The summed E-state index contributed by atoms with van der Waals surface area (Å²) in [6.07, 6.45) is 2.56. The molecular formula is C23H31N7S. The maximum Gasteiger partial charge on any atom is 0.192 e. The quantitative estimate of drug-likeness (QED) is 0.435. The van der Waals surface area contributed by atoms with Gasteiger partial charge in [0.15, 0.2) is 11.8 Å². The zero-order valence-electron chi connectivity index (χ0n) is 18.5. The molecule has 2 aromatic heterocycles. The van der Waals surface area contributed by atoms with Crippen LogP contribution < -0.4 is 15.5 Å². The molecule has 0 amide bonds. The van der Waals surface area contributed by atoms with E-state index in [1.54, 1.807) is 11.3 Å². The smallest absolute Gasteiger partial charge is 0.192 e. The third-order valence-electron chi connectivity index (χ3n) is 5.77. The van der Waals surface area contributed by atoms with Crippen LogP contribution >= 0.6 is 11.3 Å². The van der Waals surface area contributed by atoms with Gasteiger partial charge in [-0.1, -0.05) is 18.2 Å². The Kier molecular flexibility index (Phi) is 6.86. The monoisotopic (exact) mass is 437 g/mol. The zero-order valence-corrected chi connectivity index (χ0v) is 19.3. The minimum Gasteiger partial charge on any atom is -0.372 e. The maximum absolute atomic E-state index is 4.80. The first-order valence-corrected chi connectivity index (χ1v) is 11.7. The van der Waals surface area contributed by atoms with Crippen molar-refractivity contribution in [1.82, 2.24) is 25.4 Å². The zero-order chi connectivity index (χ0) is 21.6. The molecule has 3 aromatic rings. The molecule has 1 unspecified atom stereocenters. The maximum atomic E-state index is 4.80. The summed E-state index contributed by atoms with van der Waals surface area (Å²) in [5.41, 5.74) is 2.56. The summed E-state index contributed by atoms with van der Waals surface area (Å²) in [5.74, 6) is 2.50. The van der Waals surface area contributed by atoms with Gasteiger partial charge in [0, 0.05) is 30.7 Å². The highest BCUT2D eigenvalue weighted by molar-refractivity contribution is 7.09. The molecule has 1 aliphatic rings. The number of anilines is 1. The number of benzene rings is 1. The van der Waals surface area contributed by atoms with Crippen molar-refractivity contribution in [1.29, 1.82) is 0 Å². The average molecular weight is 438 g/mol. The van der Waals surface area contributed by atoms with Crippen molar-refractivity contribution in [2.45, 2.75) is 45.8 Å². The Bertz CT molecular complexity index is 1000. The number of nitrogens with one attached hydrogen (secondary N) is 2. The van der Waals surface area contributed by atoms with Gasteiger partial charge in [0.1, 0.15) is 12.4 Å². The Labute approximate surface area is 188 Å². The van der Waals surface area contributed by atoms with Crippen molar-refractivity contribution in [2.24, 2.45) is 12.0 Å². The molecule has 1 saturated heterocycles. The van der Waals surface area contributed by atoms with Crippen molar-refractivity contribution in [3.63, 3.8) is 0 Å². The normalized spacial score (nSPS) is 15.3. The Hall–Kier alpha value is -2.87. The number of aliphatic imine (C=N–C) groups is 1. The van der Waals surface area contributed by atoms with Crippen LogP contribution in [0.5, 0.6) is 0 Å². The molecule has 0 bridgehead atoms. The average Bonchev–Trinajstić information content (AvgIpc) is 3.55. The Morgan fingerprint density at radius 3 is 2.74 bits per heavy atom. The van der Waals surface area contributed by atoms with Crippen molar-refractivity contribution >= 4 is 23.0 Å². The van der Waals surface area contributed by atoms with E-state index in [0.29, 0.717) is 6.54 Å². The van der Waals surface area contributed by atoms with Gasteiger partial charge < -0.3 is 20.1 Å². The highest BCUT2D eigenvalue weighted by Gasteiger charge is 2.15. The van der Waals surface area contributed by atoms with E-state index in [1.807, 2.05) is 18.5 Å². The summed E-state index contributed by atoms with van der Waals surface area (Å²) in [5, 5.41) is 17.5. The van der Waals surface area contributed by atoms with Crippen LogP contribution in [0.15, 0.2) is 46.8 Å². The van der Waals surface area contributed by atoms with Gasteiger partial charge in [0.2, 0.25) is 0 Å². The second-order valence-electron chi connectivity index (χ2n) is 7.98. The van der Waals surface area contributed by atoms with E-state index in [0.717, 1.165) is 37.2 Å². The summed E-state index contributed by atoms with van der Waals surface area (Å²) in [6, 6.07) is 13.2. The molecule has 1 atom stereocenters. The van der Waals surface area contributed by atoms with Gasteiger partial charge in [0.05, 0.1) is 12.6 Å². The molecule has 1 aromatic carbocycles. The fourth-order valence-electron chi connectivity index (χ4n) is 3.73. The second kappa shape index (κ2) is 9.96. The number of hydrogen-bond acceptors (Lipinski definition) is 5. The number of aromatic nitrogens is 3. The van der Waals surface area contributed by atoms with E-state index in [2.05, 4.69) is 74.4 Å². The predicted molar refractivity (Wildman–Crippen MR) is 127 cm³/mol. The molecule has 0 aliphatic carbocycles. The van der Waals surface area contributed by atoms with E-state index < -0.39 is 0 Å². The van der Waals surface area contributed by atoms with Crippen LogP contribution in [-0.4, -0.2) is 33.8 Å². The lowest BCUT2D eigenvalue weighted by molar-refractivity contribution is 0.677. The molecule has 7 nitrogen and oxygen atoms in total. The van der Waals surface area contributed by atoms with Crippen LogP contribution in [-0.2, 0) is 20.1 Å². The number of rotatable bonds is 7. The molecule has 3 heterocycles. The van der Waals surface area contributed by atoms with E-state index in [9.17, 15) is 0 Å². The van der Waals surface area contributed by atoms with Crippen LogP contribution in [0.2, 0.25) is 0 Å². The minimum atomic E-state index is 0.123. The van der Waals surface area contributed by atoms with Gasteiger partial charge in [0.25, 0.3) is 0 Å². The summed E-state index contributed by atoms with van der Waals surface area (Å²) >= 11 is 1.74. The van der Waals surface area contributed by atoms with Gasteiger partial charge in [-0.15, -0.1) is 21.5 Å². The summed E-state index contributed by atoms with van der Waals surface area (Å²) in [6.45, 7) is 7.64. The summed E-state index contributed by atoms with van der Waals surface area (Å²) in [4.78, 5) is 8.54. The van der Waals surface area contributed by atoms with Gasteiger partial charge in [-0.3, -0.25) is 0 Å². The molecule has 31 heavy (non-hydrogen) atoms. The molecular weight excluding hydrogens is 406 g/mol. The van der Waals surface area contributed by atoms with Crippen LogP contribution in [0.4, 0.5) is 5.69 Å². The molecule has 8 heteroatoms. The molecule has 2 N–H and O–H groups in total. The van der Waals surface area contributed by atoms with Gasteiger partial charge >= 0.3 is 0 Å². The van der Waals surface area contributed by atoms with Crippen molar-refractivity contribution in [3.05, 3.63) is 63.9 Å². The Morgan fingerprint density at radius 1 is 1.19 bits per heavy atom. The molecule has 0 radical (unpaired) electrons.